The van der Waals surface area contributed by atoms with Crippen molar-refractivity contribution in [3.63, 3.8) is 0 Å². The Morgan fingerprint density at radius 1 is 1.46 bits per heavy atom. The molecule has 0 aliphatic rings. The monoisotopic (exact) mass is 177 g/mol. The molecule has 0 spiro atoms. The Morgan fingerprint density at radius 3 is 2.54 bits per heavy atom. The summed E-state index contributed by atoms with van der Waals surface area (Å²) in [5.41, 5.74) is 3.74. The van der Waals surface area contributed by atoms with Crippen LogP contribution in [0.2, 0.25) is 0 Å². The van der Waals surface area contributed by atoms with Crippen LogP contribution < -0.4 is 0 Å². The van der Waals surface area contributed by atoms with Crippen LogP contribution in [-0.2, 0) is 6.42 Å². The van der Waals surface area contributed by atoms with Crippen LogP contribution in [0.5, 0.6) is 0 Å². The molecule has 1 aromatic heterocycles. The quantitative estimate of drug-likeness (QED) is 0.649. The highest BCUT2D eigenvalue weighted by Crippen LogP contribution is 2.14. The third-order valence-electron chi connectivity index (χ3n) is 2.11. The molecule has 0 aliphatic carbocycles. The maximum absolute atomic E-state index is 11.3. The van der Waals surface area contributed by atoms with Crippen molar-refractivity contribution in [1.29, 1.82) is 0 Å². The number of Topliss-reactive ketones (excluding diaryl/α,β-unsaturated/α-hetero) is 1. The van der Waals surface area contributed by atoms with Gasteiger partial charge in [0.2, 0.25) is 0 Å². The minimum Gasteiger partial charge on any atom is -0.294 e. The molecular formula is C11H15NO. The van der Waals surface area contributed by atoms with Gasteiger partial charge in [0, 0.05) is 11.3 Å². The highest BCUT2D eigenvalue weighted by Gasteiger charge is 2.10. The molecule has 2 heteroatoms. The molecule has 0 unspecified atom stereocenters. The van der Waals surface area contributed by atoms with Gasteiger partial charge < -0.3 is 0 Å². The molecule has 1 rings (SSSR count). The number of hydrogen-bond donors (Lipinski definition) is 0. The van der Waals surface area contributed by atoms with E-state index in [2.05, 4.69) is 4.98 Å². The molecule has 0 fully saturated rings. The number of aromatic nitrogens is 1. The predicted octanol–water partition coefficient (Wildman–Crippen LogP) is 2.46. The first kappa shape index (κ1) is 9.90. The summed E-state index contributed by atoms with van der Waals surface area (Å²) in [6.45, 7) is 7.53. The highest BCUT2D eigenvalue weighted by molar-refractivity contribution is 5.96. The van der Waals surface area contributed by atoms with Crippen LogP contribution in [0.15, 0.2) is 6.07 Å². The van der Waals surface area contributed by atoms with Crippen LogP contribution in [0.3, 0.4) is 0 Å². The molecule has 0 bridgehead atoms. The molecule has 0 saturated heterocycles. The molecule has 0 radical (unpaired) electrons. The number of rotatable bonds is 2. The SMILES string of the molecule is CCc1nc(C)cc(C)c1C(C)=O. The van der Waals surface area contributed by atoms with Gasteiger partial charge in [0.25, 0.3) is 0 Å². The molecule has 1 aromatic rings. The van der Waals surface area contributed by atoms with Crippen LogP contribution in [0, 0.1) is 13.8 Å². The molecule has 0 saturated carbocycles. The fourth-order valence-corrected chi connectivity index (χ4v) is 1.65. The standard InChI is InChI=1S/C11H15NO/c1-5-10-11(9(4)13)7(2)6-8(3)12-10/h6H,5H2,1-4H3. The first-order valence-corrected chi connectivity index (χ1v) is 4.54. The number of carbonyl (C=O) groups excluding carboxylic acids is 1. The summed E-state index contributed by atoms with van der Waals surface area (Å²) in [5.74, 6) is 0.113. The molecule has 2 nitrogen and oxygen atoms in total. The van der Waals surface area contributed by atoms with Crippen LogP contribution in [-0.4, -0.2) is 10.8 Å². The van der Waals surface area contributed by atoms with Crippen molar-refractivity contribution in [1.82, 2.24) is 4.98 Å². The molecule has 13 heavy (non-hydrogen) atoms. The number of ketones is 1. The zero-order valence-corrected chi connectivity index (χ0v) is 8.64. The van der Waals surface area contributed by atoms with Crippen molar-refractivity contribution >= 4 is 5.78 Å². The number of nitrogens with zero attached hydrogens (tertiary/aromatic N) is 1. The van der Waals surface area contributed by atoms with Gasteiger partial charge >= 0.3 is 0 Å². The number of hydrogen-bond acceptors (Lipinski definition) is 2. The predicted molar refractivity (Wildman–Crippen MR) is 53.1 cm³/mol. The summed E-state index contributed by atoms with van der Waals surface area (Å²) in [5, 5.41) is 0. The largest absolute Gasteiger partial charge is 0.294 e. The Balaban J connectivity index is 3.38. The summed E-state index contributed by atoms with van der Waals surface area (Å²) < 4.78 is 0. The lowest BCUT2D eigenvalue weighted by molar-refractivity contribution is 0.101. The van der Waals surface area contributed by atoms with Crippen molar-refractivity contribution in [2.45, 2.75) is 34.1 Å². The van der Waals surface area contributed by atoms with E-state index in [4.69, 9.17) is 0 Å². The van der Waals surface area contributed by atoms with E-state index in [0.29, 0.717) is 0 Å². The Kier molecular flexibility index (Phi) is 2.81. The lowest BCUT2D eigenvalue weighted by atomic mass is 10.0. The molecule has 0 atom stereocenters. The van der Waals surface area contributed by atoms with Crippen molar-refractivity contribution < 1.29 is 4.79 Å². The van der Waals surface area contributed by atoms with Crippen molar-refractivity contribution in [3.8, 4) is 0 Å². The molecule has 0 amide bonds. The van der Waals surface area contributed by atoms with Crippen molar-refractivity contribution in [3.05, 3.63) is 28.6 Å². The zero-order chi connectivity index (χ0) is 10.0. The highest BCUT2D eigenvalue weighted by atomic mass is 16.1. The van der Waals surface area contributed by atoms with Crippen LogP contribution in [0.1, 0.15) is 41.2 Å². The Morgan fingerprint density at radius 2 is 2.08 bits per heavy atom. The van der Waals surface area contributed by atoms with E-state index < -0.39 is 0 Å². The molecule has 0 aromatic carbocycles. The topological polar surface area (TPSA) is 30.0 Å². The third kappa shape index (κ3) is 1.94. The number of aryl methyl sites for hydroxylation is 3. The molecular weight excluding hydrogens is 162 g/mol. The van der Waals surface area contributed by atoms with Crippen LogP contribution in [0.4, 0.5) is 0 Å². The maximum Gasteiger partial charge on any atom is 0.161 e. The second-order valence-corrected chi connectivity index (χ2v) is 3.31. The van der Waals surface area contributed by atoms with Crippen LogP contribution >= 0.6 is 0 Å². The fraction of sp³-hybridized carbons (Fsp3) is 0.455. The lowest BCUT2D eigenvalue weighted by Gasteiger charge is -2.08. The van der Waals surface area contributed by atoms with Gasteiger partial charge in [0.05, 0.1) is 5.69 Å². The summed E-state index contributed by atoms with van der Waals surface area (Å²) >= 11 is 0. The van der Waals surface area contributed by atoms with Gasteiger partial charge in [0.1, 0.15) is 0 Å². The minimum absolute atomic E-state index is 0.113. The van der Waals surface area contributed by atoms with Gasteiger partial charge in [-0.25, -0.2) is 0 Å². The molecule has 70 valence electrons. The lowest BCUT2D eigenvalue weighted by Crippen LogP contribution is -2.05. The van der Waals surface area contributed by atoms with E-state index in [0.717, 1.165) is 28.9 Å². The normalized spacial score (nSPS) is 10.2. The van der Waals surface area contributed by atoms with Crippen LogP contribution in [0.25, 0.3) is 0 Å². The van der Waals surface area contributed by atoms with E-state index >= 15 is 0 Å². The second-order valence-electron chi connectivity index (χ2n) is 3.31. The first-order valence-electron chi connectivity index (χ1n) is 4.54. The molecule has 1 heterocycles. The Bertz CT molecular complexity index is 342. The first-order chi connectivity index (χ1) is 6.06. The zero-order valence-electron chi connectivity index (χ0n) is 8.64. The second kappa shape index (κ2) is 3.69. The van der Waals surface area contributed by atoms with E-state index in [1.807, 2.05) is 26.8 Å². The molecule has 0 N–H and O–H groups in total. The third-order valence-corrected chi connectivity index (χ3v) is 2.11. The van der Waals surface area contributed by atoms with E-state index in [-0.39, 0.29) is 5.78 Å². The molecule has 0 aliphatic heterocycles. The van der Waals surface area contributed by atoms with E-state index in [9.17, 15) is 4.79 Å². The summed E-state index contributed by atoms with van der Waals surface area (Å²) in [6.07, 6.45) is 0.817. The van der Waals surface area contributed by atoms with E-state index in [1.165, 1.54) is 0 Å². The van der Waals surface area contributed by atoms with Gasteiger partial charge in [-0.1, -0.05) is 6.92 Å². The van der Waals surface area contributed by atoms with Gasteiger partial charge in [-0.3, -0.25) is 9.78 Å². The van der Waals surface area contributed by atoms with E-state index in [1.54, 1.807) is 6.92 Å². The maximum atomic E-state index is 11.3. The van der Waals surface area contributed by atoms with Gasteiger partial charge in [0.15, 0.2) is 5.78 Å². The summed E-state index contributed by atoms with van der Waals surface area (Å²) in [7, 11) is 0. The summed E-state index contributed by atoms with van der Waals surface area (Å²) in [6, 6.07) is 1.95. The van der Waals surface area contributed by atoms with Gasteiger partial charge in [-0.05, 0) is 38.8 Å². The fourth-order valence-electron chi connectivity index (χ4n) is 1.65. The average molecular weight is 177 g/mol. The van der Waals surface area contributed by atoms with Crippen molar-refractivity contribution in [2.24, 2.45) is 0 Å². The average Bonchev–Trinajstić information content (AvgIpc) is 2.01. The summed E-state index contributed by atoms with van der Waals surface area (Å²) in [4.78, 5) is 15.7. The van der Waals surface area contributed by atoms with Crippen molar-refractivity contribution in [2.75, 3.05) is 0 Å². The minimum atomic E-state index is 0.113. The van der Waals surface area contributed by atoms with Gasteiger partial charge in [-0.2, -0.15) is 0 Å². The Hall–Kier alpha value is -1.18. The number of pyridine rings is 1. The number of carbonyl (C=O) groups is 1. The smallest absolute Gasteiger partial charge is 0.161 e. The Labute approximate surface area is 79.0 Å². The van der Waals surface area contributed by atoms with Gasteiger partial charge in [-0.15, -0.1) is 0 Å².